The molecule has 0 aromatic carbocycles. The Morgan fingerprint density at radius 1 is 0.704 bits per heavy atom. The van der Waals surface area contributed by atoms with Crippen LogP contribution in [0, 0.1) is 0 Å². The maximum atomic E-state index is 4.42. The van der Waals surface area contributed by atoms with Gasteiger partial charge < -0.3 is 0 Å². The van der Waals surface area contributed by atoms with Crippen molar-refractivity contribution >= 4 is 0 Å². The molecule has 0 unspecified atom stereocenters. The normalized spacial score (nSPS) is 13.2. The molecule has 0 amide bonds. The number of rotatable bonds is 0. The third-order valence-electron chi connectivity index (χ3n) is 4.53. The molecule has 0 atom stereocenters. The molecule has 0 radical (unpaired) electrons. The highest BCUT2D eigenvalue weighted by molar-refractivity contribution is 5.26. The minimum absolute atomic E-state index is 0.0868. The summed E-state index contributed by atoms with van der Waals surface area (Å²) in [6, 6.07) is 4.33. The largest absolute Gasteiger partial charge is 0.267 e. The summed E-state index contributed by atoms with van der Waals surface area (Å²) in [6.45, 7) is 26.4. The highest BCUT2D eigenvalue weighted by atomic mass is 15.3. The average molecular weight is 372 g/mol. The lowest BCUT2D eigenvalue weighted by molar-refractivity contribution is 0.354. The van der Waals surface area contributed by atoms with Crippen molar-refractivity contribution in [1.29, 1.82) is 0 Å². The number of hydrogen-bond donors (Lipinski definition) is 0. The molecule has 0 aliphatic rings. The summed E-state index contributed by atoms with van der Waals surface area (Å²) in [5.41, 5.74) is 4.46. The van der Waals surface area contributed by atoms with E-state index in [0.717, 1.165) is 0 Å². The van der Waals surface area contributed by atoms with Gasteiger partial charge in [0.1, 0.15) is 0 Å². The van der Waals surface area contributed by atoms with Crippen molar-refractivity contribution in [2.45, 2.75) is 105 Å². The van der Waals surface area contributed by atoms with Crippen LogP contribution in [0.3, 0.4) is 0 Å². The lowest BCUT2D eigenvalue weighted by Crippen LogP contribution is -2.22. The van der Waals surface area contributed by atoms with Gasteiger partial charge in [0, 0.05) is 23.5 Å². The van der Waals surface area contributed by atoms with Crippen LogP contribution in [0.25, 0.3) is 0 Å². The third-order valence-corrected chi connectivity index (χ3v) is 4.53. The first-order valence-corrected chi connectivity index (χ1v) is 9.95. The Labute approximate surface area is 167 Å². The summed E-state index contributed by atoms with van der Waals surface area (Å²) in [7, 11) is 0. The van der Waals surface area contributed by atoms with Crippen LogP contribution in [0.5, 0.6) is 0 Å². The van der Waals surface area contributed by atoms with Gasteiger partial charge in [0.25, 0.3) is 0 Å². The summed E-state index contributed by atoms with van der Waals surface area (Å²) < 4.78 is 2.02. The molecule has 0 spiro atoms. The number of hydrogen-bond acceptors (Lipinski definition) is 2. The van der Waals surface area contributed by atoms with Gasteiger partial charge in [-0.15, -0.1) is 0 Å². The highest BCUT2D eigenvalue weighted by Gasteiger charge is 2.20. The van der Waals surface area contributed by atoms with Crippen LogP contribution in [0.1, 0.15) is 99.9 Å². The van der Waals surface area contributed by atoms with Crippen LogP contribution in [-0.4, -0.2) is 14.8 Å². The van der Waals surface area contributed by atoms with E-state index in [1.165, 1.54) is 16.8 Å². The molecule has 0 aliphatic heterocycles. The van der Waals surface area contributed by atoms with Crippen molar-refractivity contribution < 1.29 is 0 Å². The average Bonchev–Trinajstić information content (AvgIpc) is 2.96. The van der Waals surface area contributed by atoms with Gasteiger partial charge in [0.2, 0.25) is 0 Å². The van der Waals surface area contributed by atoms with E-state index in [9.17, 15) is 0 Å². The Kier molecular flexibility index (Phi) is 6.73. The summed E-state index contributed by atoms with van der Waals surface area (Å²) in [5.74, 6) is 0. The molecule has 3 nitrogen and oxygen atoms in total. The fourth-order valence-corrected chi connectivity index (χ4v) is 2.38. The van der Waals surface area contributed by atoms with Crippen LogP contribution in [0.2, 0.25) is 0 Å². The standard InChI is InChI=1S/C13H21N.C11H20N2/c1-12(2,3)10-7-8-14-11(9-10)13(4,5)6;1-10(2,3)9-7-12-13(8-9)11(4,5)6/h7-9H,1-6H3;7-8H,1-6H3. The maximum Gasteiger partial charge on any atom is 0.0543 e. The molecule has 2 aromatic rings. The van der Waals surface area contributed by atoms with Crippen molar-refractivity contribution in [2.75, 3.05) is 0 Å². The second-order valence-electron chi connectivity index (χ2n) is 11.5. The van der Waals surface area contributed by atoms with Crippen LogP contribution in [0.15, 0.2) is 30.7 Å². The molecule has 0 saturated heterocycles. The van der Waals surface area contributed by atoms with E-state index >= 15 is 0 Å². The molecule has 0 bridgehead atoms. The Hall–Kier alpha value is -1.64. The molecule has 152 valence electrons. The number of nitrogens with zero attached hydrogens (tertiary/aromatic N) is 3. The number of pyridine rings is 1. The molecule has 3 heteroatoms. The van der Waals surface area contributed by atoms with Gasteiger partial charge in [0.15, 0.2) is 0 Å². The molecular formula is C24H41N3. The highest BCUT2D eigenvalue weighted by Crippen LogP contribution is 2.27. The van der Waals surface area contributed by atoms with E-state index in [1.54, 1.807) is 0 Å². The molecule has 0 saturated carbocycles. The second kappa shape index (κ2) is 7.77. The first-order valence-electron chi connectivity index (χ1n) is 9.95. The zero-order valence-corrected chi connectivity index (χ0v) is 19.7. The summed E-state index contributed by atoms with van der Waals surface area (Å²) >= 11 is 0. The Morgan fingerprint density at radius 3 is 1.56 bits per heavy atom. The molecule has 2 rings (SSSR count). The lowest BCUT2D eigenvalue weighted by atomic mass is 9.84. The van der Waals surface area contributed by atoms with Gasteiger partial charge in [-0.25, -0.2) is 0 Å². The Bertz CT molecular complexity index is 669. The molecular weight excluding hydrogens is 330 g/mol. The van der Waals surface area contributed by atoms with Gasteiger partial charge in [-0.2, -0.15) is 5.10 Å². The van der Waals surface area contributed by atoms with Gasteiger partial charge >= 0.3 is 0 Å². The molecule has 27 heavy (non-hydrogen) atoms. The first-order chi connectivity index (χ1) is 11.9. The van der Waals surface area contributed by atoms with E-state index in [1.807, 2.05) is 17.1 Å². The van der Waals surface area contributed by atoms with Crippen LogP contribution in [0.4, 0.5) is 0 Å². The van der Waals surface area contributed by atoms with E-state index < -0.39 is 0 Å². The van der Waals surface area contributed by atoms with Gasteiger partial charge in [-0.3, -0.25) is 9.67 Å². The molecule has 0 N–H and O–H groups in total. The van der Waals surface area contributed by atoms with Crippen LogP contribution < -0.4 is 0 Å². The molecule has 2 aromatic heterocycles. The fraction of sp³-hybridized carbons (Fsp3) is 0.667. The van der Waals surface area contributed by atoms with Crippen molar-refractivity contribution in [1.82, 2.24) is 14.8 Å². The fourth-order valence-electron chi connectivity index (χ4n) is 2.38. The van der Waals surface area contributed by atoms with Crippen molar-refractivity contribution in [3.05, 3.63) is 47.5 Å². The Morgan fingerprint density at radius 2 is 1.22 bits per heavy atom. The predicted molar refractivity (Wildman–Crippen MR) is 118 cm³/mol. The van der Waals surface area contributed by atoms with Gasteiger partial charge in [-0.05, 0) is 54.9 Å². The zero-order valence-electron chi connectivity index (χ0n) is 19.7. The molecule has 0 aliphatic carbocycles. The molecule has 2 heterocycles. The number of aromatic nitrogens is 3. The summed E-state index contributed by atoms with van der Waals surface area (Å²) in [4.78, 5) is 4.42. The minimum atomic E-state index is 0.0868. The van der Waals surface area contributed by atoms with Crippen molar-refractivity contribution in [2.24, 2.45) is 0 Å². The van der Waals surface area contributed by atoms with E-state index in [4.69, 9.17) is 0 Å². The van der Waals surface area contributed by atoms with E-state index in [2.05, 4.69) is 111 Å². The van der Waals surface area contributed by atoms with Gasteiger partial charge in [-0.1, -0.05) is 62.3 Å². The summed E-state index contributed by atoms with van der Waals surface area (Å²) in [5, 5.41) is 4.37. The van der Waals surface area contributed by atoms with Gasteiger partial charge in [0.05, 0.1) is 11.7 Å². The van der Waals surface area contributed by atoms with Crippen molar-refractivity contribution in [3.8, 4) is 0 Å². The van der Waals surface area contributed by atoms with Crippen LogP contribution >= 0.6 is 0 Å². The van der Waals surface area contributed by atoms with Crippen molar-refractivity contribution in [3.63, 3.8) is 0 Å². The van der Waals surface area contributed by atoms with E-state index in [-0.39, 0.29) is 21.8 Å². The molecule has 0 fully saturated rings. The predicted octanol–water partition coefficient (Wildman–Crippen LogP) is 6.61. The third kappa shape index (κ3) is 7.12. The zero-order chi connectivity index (χ0) is 21.3. The first kappa shape index (κ1) is 23.4. The smallest absolute Gasteiger partial charge is 0.0543 e. The minimum Gasteiger partial charge on any atom is -0.267 e. The topological polar surface area (TPSA) is 30.7 Å². The SMILES string of the molecule is CC(C)(C)c1ccnc(C(C)(C)C)c1.CC(C)(C)c1cnn(C(C)(C)C)c1. The van der Waals surface area contributed by atoms with E-state index in [0.29, 0.717) is 0 Å². The maximum absolute atomic E-state index is 4.42. The quantitative estimate of drug-likeness (QED) is 0.521. The second-order valence-corrected chi connectivity index (χ2v) is 11.5. The lowest BCUT2D eigenvalue weighted by Gasteiger charge is -2.23. The summed E-state index contributed by atoms with van der Waals surface area (Å²) in [6.07, 6.45) is 6.02. The Balaban J connectivity index is 0.000000271. The van der Waals surface area contributed by atoms with Crippen LogP contribution in [-0.2, 0) is 21.8 Å². The monoisotopic (exact) mass is 371 g/mol.